The van der Waals surface area contributed by atoms with Crippen LogP contribution >= 0.6 is 0 Å². The van der Waals surface area contributed by atoms with Gasteiger partial charge in [0.05, 0.1) is 5.69 Å². The number of aromatic nitrogens is 1. The van der Waals surface area contributed by atoms with Crippen LogP contribution in [0.1, 0.15) is 18.4 Å². The van der Waals surface area contributed by atoms with Crippen LogP contribution in [-0.4, -0.2) is 36.6 Å². The average molecular weight is 423 g/mol. The third kappa shape index (κ3) is 3.33. The van der Waals surface area contributed by atoms with Crippen molar-refractivity contribution in [3.8, 4) is 0 Å². The van der Waals surface area contributed by atoms with E-state index in [1.807, 2.05) is 18.2 Å². The normalized spacial score (nSPS) is 20.0. The summed E-state index contributed by atoms with van der Waals surface area (Å²) >= 11 is 0. The van der Waals surface area contributed by atoms with Crippen LogP contribution in [0.3, 0.4) is 0 Å². The topological polar surface area (TPSA) is 66.4 Å². The molecule has 2 aliphatic heterocycles. The molecule has 2 N–H and O–H groups in total. The number of likely N-dealkylation sites (tertiary alicyclic amines) is 1. The lowest BCUT2D eigenvalue weighted by Gasteiger charge is -2.45. The fraction of sp³-hybridized carbons (Fsp3) is 0.304. The van der Waals surface area contributed by atoms with E-state index < -0.39 is 15.7 Å². The number of sulfonamides is 1. The van der Waals surface area contributed by atoms with Crippen molar-refractivity contribution < 1.29 is 8.42 Å². The smallest absolute Gasteiger partial charge is 0.244 e. The number of nitrogens with one attached hydrogen (secondary N) is 2. The van der Waals surface area contributed by atoms with Crippen molar-refractivity contribution in [3.05, 3.63) is 72.9 Å². The van der Waals surface area contributed by atoms with Crippen LogP contribution in [0, 0.1) is 0 Å². The second kappa shape index (κ2) is 7.27. The van der Waals surface area contributed by atoms with Gasteiger partial charge in [0.15, 0.2) is 0 Å². The van der Waals surface area contributed by atoms with Crippen molar-refractivity contribution in [3.63, 3.8) is 0 Å². The summed E-state index contributed by atoms with van der Waals surface area (Å²) in [5, 5.41) is 4.74. The van der Waals surface area contributed by atoms with Gasteiger partial charge >= 0.3 is 0 Å². The minimum atomic E-state index is -3.50. The zero-order valence-corrected chi connectivity index (χ0v) is 17.7. The molecule has 0 aliphatic carbocycles. The predicted molar refractivity (Wildman–Crippen MR) is 120 cm³/mol. The van der Waals surface area contributed by atoms with E-state index >= 15 is 0 Å². The third-order valence-corrected chi connectivity index (χ3v) is 7.78. The number of hydrogen-bond acceptors (Lipinski definition) is 4. The molecule has 0 atom stereocenters. The van der Waals surface area contributed by atoms with Gasteiger partial charge in [0, 0.05) is 43.3 Å². The maximum absolute atomic E-state index is 12.8. The number of fused-ring (bicyclic) bond motifs is 2. The van der Waals surface area contributed by atoms with Gasteiger partial charge in [-0.3, -0.25) is 4.90 Å². The lowest BCUT2D eigenvalue weighted by Crippen LogP contribution is -2.61. The Bertz CT molecular complexity index is 1210. The first-order valence-corrected chi connectivity index (χ1v) is 11.8. The van der Waals surface area contributed by atoms with Gasteiger partial charge in [-0.25, -0.2) is 8.42 Å². The van der Waals surface area contributed by atoms with Crippen molar-refractivity contribution in [1.82, 2.24) is 14.2 Å². The monoisotopic (exact) mass is 422 g/mol. The molecule has 5 rings (SSSR count). The molecule has 3 aromatic rings. The Morgan fingerprint density at radius 2 is 1.80 bits per heavy atom. The molecule has 1 spiro atoms. The SMILES string of the molecule is C=CCn1cc(CN2CCC3(CC2)Nc2ccccc2S(=O)(=O)N3)c2ccccc21. The van der Waals surface area contributed by atoms with Gasteiger partial charge in [-0.1, -0.05) is 36.4 Å². The molecule has 6 nitrogen and oxygen atoms in total. The van der Waals surface area contributed by atoms with Gasteiger partial charge in [-0.2, -0.15) is 4.72 Å². The highest BCUT2D eigenvalue weighted by atomic mass is 32.2. The number of rotatable bonds is 4. The first kappa shape index (κ1) is 19.4. The molecule has 156 valence electrons. The second-order valence-corrected chi connectivity index (χ2v) is 9.85. The maximum atomic E-state index is 12.8. The second-order valence-electron chi connectivity index (χ2n) is 8.20. The van der Waals surface area contributed by atoms with E-state index in [2.05, 4.69) is 56.5 Å². The van der Waals surface area contributed by atoms with Gasteiger partial charge in [-0.15, -0.1) is 6.58 Å². The summed E-state index contributed by atoms with van der Waals surface area (Å²) in [6.45, 7) is 7.14. The number of para-hydroxylation sites is 2. The Kier molecular flexibility index (Phi) is 4.69. The molecule has 2 aromatic carbocycles. The minimum Gasteiger partial charge on any atom is -0.365 e. The quantitative estimate of drug-likeness (QED) is 0.632. The zero-order valence-electron chi connectivity index (χ0n) is 16.8. The number of hydrogen-bond donors (Lipinski definition) is 2. The highest BCUT2D eigenvalue weighted by Gasteiger charge is 2.42. The average Bonchev–Trinajstić information content (AvgIpc) is 3.07. The van der Waals surface area contributed by atoms with Crippen LogP contribution in [0.25, 0.3) is 10.9 Å². The molecule has 30 heavy (non-hydrogen) atoms. The molecule has 3 heterocycles. The molecule has 0 bridgehead atoms. The van der Waals surface area contributed by atoms with E-state index in [4.69, 9.17) is 0 Å². The lowest BCUT2D eigenvalue weighted by atomic mass is 9.96. The van der Waals surface area contributed by atoms with E-state index in [9.17, 15) is 8.42 Å². The van der Waals surface area contributed by atoms with Crippen molar-refractivity contribution in [2.75, 3.05) is 18.4 Å². The predicted octanol–water partition coefficient (Wildman–Crippen LogP) is 3.52. The molecular weight excluding hydrogens is 396 g/mol. The summed E-state index contributed by atoms with van der Waals surface area (Å²) in [6.07, 6.45) is 5.56. The Morgan fingerprint density at radius 3 is 2.60 bits per heavy atom. The van der Waals surface area contributed by atoms with E-state index in [-0.39, 0.29) is 0 Å². The Labute approximate surface area is 177 Å². The van der Waals surface area contributed by atoms with Crippen molar-refractivity contribution in [2.45, 2.75) is 36.5 Å². The van der Waals surface area contributed by atoms with Crippen LogP contribution in [0.4, 0.5) is 5.69 Å². The van der Waals surface area contributed by atoms with E-state index in [1.54, 1.807) is 12.1 Å². The zero-order chi connectivity index (χ0) is 20.8. The summed E-state index contributed by atoms with van der Waals surface area (Å²) < 4.78 is 30.7. The van der Waals surface area contributed by atoms with Crippen LogP contribution in [0.2, 0.25) is 0 Å². The number of allylic oxidation sites excluding steroid dienone is 1. The molecule has 1 aromatic heterocycles. The molecular formula is C23H26N4O2S. The van der Waals surface area contributed by atoms with Crippen molar-refractivity contribution in [1.29, 1.82) is 0 Å². The molecule has 0 saturated carbocycles. The number of nitrogens with zero attached hydrogens (tertiary/aromatic N) is 2. The molecule has 1 fully saturated rings. The lowest BCUT2D eigenvalue weighted by molar-refractivity contribution is 0.159. The van der Waals surface area contributed by atoms with Crippen LogP contribution in [-0.2, 0) is 23.1 Å². The van der Waals surface area contributed by atoms with Crippen molar-refractivity contribution >= 4 is 26.6 Å². The molecule has 7 heteroatoms. The number of benzene rings is 2. The Morgan fingerprint density at radius 1 is 1.07 bits per heavy atom. The van der Waals surface area contributed by atoms with Gasteiger partial charge in [0.2, 0.25) is 10.0 Å². The Hall–Kier alpha value is -2.61. The summed E-state index contributed by atoms with van der Waals surface area (Å²) in [5.41, 5.74) is 2.60. The van der Waals surface area contributed by atoms with Crippen molar-refractivity contribution in [2.24, 2.45) is 0 Å². The van der Waals surface area contributed by atoms with Crippen LogP contribution in [0.5, 0.6) is 0 Å². The summed E-state index contributed by atoms with van der Waals surface area (Å²) in [7, 11) is -3.50. The van der Waals surface area contributed by atoms with E-state index in [0.29, 0.717) is 23.4 Å². The summed E-state index contributed by atoms with van der Waals surface area (Å²) in [4.78, 5) is 2.73. The first-order valence-electron chi connectivity index (χ1n) is 10.3. The summed E-state index contributed by atoms with van der Waals surface area (Å²) in [5.74, 6) is 0. The number of anilines is 1. The maximum Gasteiger partial charge on any atom is 0.244 e. The van der Waals surface area contributed by atoms with E-state index in [0.717, 1.165) is 26.2 Å². The number of piperidine rings is 1. The Balaban J connectivity index is 1.34. The molecule has 0 radical (unpaired) electrons. The van der Waals surface area contributed by atoms with Gasteiger partial charge < -0.3 is 9.88 Å². The minimum absolute atomic E-state index is 0.327. The fourth-order valence-electron chi connectivity index (χ4n) is 4.70. The van der Waals surface area contributed by atoms with Crippen LogP contribution in [0.15, 0.2) is 72.3 Å². The van der Waals surface area contributed by atoms with E-state index in [1.165, 1.54) is 16.5 Å². The van der Waals surface area contributed by atoms with Gasteiger partial charge in [0.1, 0.15) is 10.6 Å². The molecule has 2 aliphatic rings. The molecule has 1 saturated heterocycles. The van der Waals surface area contributed by atoms with Crippen LogP contribution < -0.4 is 10.0 Å². The highest BCUT2D eigenvalue weighted by Crippen LogP contribution is 2.35. The van der Waals surface area contributed by atoms with Gasteiger partial charge in [0.25, 0.3) is 0 Å². The first-order chi connectivity index (χ1) is 14.5. The fourth-order valence-corrected chi connectivity index (χ4v) is 6.25. The molecule has 0 amide bonds. The van der Waals surface area contributed by atoms with Gasteiger partial charge in [-0.05, 0) is 36.6 Å². The summed E-state index contributed by atoms with van der Waals surface area (Å²) in [6, 6.07) is 15.6. The third-order valence-electron chi connectivity index (χ3n) is 6.18. The largest absolute Gasteiger partial charge is 0.365 e. The standard InChI is InChI=1S/C23H26N4O2S/c1-2-13-27-17-18(19-7-3-5-9-21(19)27)16-26-14-11-23(12-15-26)24-20-8-4-6-10-22(20)30(28,29)25-23/h2-10,17,24-25H,1,11-16H2. The molecule has 0 unspecified atom stereocenters. The highest BCUT2D eigenvalue weighted by molar-refractivity contribution is 7.89.